The molecule has 7 heteroatoms. The van der Waals surface area contributed by atoms with E-state index in [0.29, 0.717) is 12.5 Å². The SMILES string of the molecule is CCOc1ccccn1.O=C(O)C(F)(F)F. The van der Waals surface area contributed by atoms with Gasteiger partial charge in [-0.3, -0.25) is 0 Å². The summed E-state index contributed by atoms with van der Waals surface area (Å²) in [6, 6.07) is 5.60. The number of halogens is 3. The van der Waals surface area contributed by atoms with E-state index in [1.165, 1.54) is 0 Å². The molecule has 0 aliphatic heterocycles. The average molecular weight is 237 g/mol. The van der Waals surface area contributed by atoms with Crippen LogP contribution in [0.5, 0.6) is 5.88 Å². The van der Waals surface area contributed by atoms with Gasteiger partial charge in [0, 0.05) is 12.3 Å². The van der Waals surface area contributed by atoms with Crippen molar-refractivity contribution in [2.45, 2.75) is 13.1 Å². The number of carbonyl (C=O) groups is 1. The van der Waals surface area contributed by atoms with Crippen LogP contribution in [0.15, 0.2) is 24.4 Å². The van der Waals surface area contributed by atoms with Gasteiger partial charge in [-0.1, -0.05) is 6.07 Å². The van der Waals surface area contributed by atoms with Crippen LogP contribution >= 0.6 is 0 Å². The number of carboxylic acid groups (broad SMARTS) is 1. The first-order chi connectivity index (χ1) is 7.38. The van der Waals surface area contributed by atoms with Crippen LogP contribution < -0.4 is 4.74 Å². The molecule has 0 bridgehead atoms. The Morgan fingerprint density at radius 1 is 1.50 bits per heavy atom. The summed E-state index contributed by atoms with van der Waals surface area (Å²) in [6.07, 6.45) is -3.37. The van der Waals surface area contributed by atoms with E-state index in [9.17, 15) is 13.2 Å². The third-order valence-electron chi connectivity index (χ3n) is 1.17. The van der Waals surface area contributed by atoms with Crippen LogP contribution in [0, 0.1) is 0 Å². The maximum Gasteiger partial charge on any atom is 0.490 e. The van der Waals surface area contributed by atoms with Crippen molar-refractivity contribution in [3.05, 3.63) is 24.4 Å². The van der Waals surface area contributed by atoms with Gasteiger partial charge in [0.15, 0.2) is 0 Å². The lowest BCUT2D eigenvalue weighted by Gasteiger charge is -1.97. The Hall–Kier alpha value is -1.79. The summed E-state index contributed by atoms with van der Waals surface area (Å²) < 4.78 is 36.8. The fraction of sp³-hybridized carbons (Fsp3) is 0.333. The molecule has 0 amide bonds. The van der Waals surface area contributed by atoms with Gasteiger partial charge in [-0.25, -0.2) is 9.78 Å². The predicted octanol–water partition coefficient (Wildman–Crippen LogP) is 2.11. The summed E-state index contributed by atoms with van der Waals surface area (Å²) >= 11 is 0. The van der Waals surface area contributed by atoms with E-state index in [2.05, 4.69) is 4.98 Å². The second-order valence-corrected chi connectivity index (χ2v) is 2.40. The molecule has 4 nitrogen and oxygen atoms in total. The molecule has 1 rings (SSSR count). The molecule has 0 unspecified atom stereocenters. The van der Waals surface area contributed by atoms with Crippen LogP contribution in [0.2, 0.25) is 0 Å². The Morgan fingerprint density at radius 3 is 2.38 bits per heavy atom. The number of hydrogen-bond acceptors (Lipinski definition) is 3. The fourth-order valence-corrected chi connectivity index (χ4v) is 0.580. The van der Waals surface area contributed by atoms with Crippen LogP contribution in [-0.2, 0) is 4.79 Å². The van der Waals surface area contributed by atoms with Crippen molar-refractivity contribution in [1.29, 1.82) is 0 Å². The van der Waals surface area contributed by atoms with E-state index in [0.717, 1.165) is 0 Å². The third-order valence-corrected chi connectivity index (χ3v) is 1.17. The van der Waals surface area contributed by atoms with Gasteiger partial charge < -0.3 is 9.84 Å². The average Bonchev–Trinajstić information content (AvgIpc) is 2.19. The quantitative estimate of drug-likeness (QED) is 0.855. The van der Waals surface area contributed by atoms with Gasteiger partial charge >= 0.3 is 12.1 Å². The number of rotatable bonds is 2. The molecule has 0 spiro atoms. The standard InChI is InChI=1S/C7H9NO.C2HF3O2/c1-2-9-7-5-3-4-6-8-7;3-2(4,5)1(6)7/h3-6H,2H2,1H3;(H,6,7). The lowest BCUT2D eigenvalue weighted by molar-refractivity contribution is -0.192. The zero-order chi connectivity index (χ0) is 12.6. The highest BCUT2D eigenvalue weighted by atomic mass is 19.4. The van der Waals surface area contributed by atoms with Gasteiger partial charge in [0.25, 0.3) is 0 Å². The van der Waals surface area contributed by atoms with Gasteiger partial charge in [0.2, 0.25) is 5.88 Å². The second kappa shape index (κ2) is 6.65. The molecule has 90 valence electrons. The lowest BCUT2D eigenvalue weighted by atomic mass is 10.5. The molecule has 1 heterocycles. The summed E-state index contributed by atoms with van der Waals surface area (Å²) in [4.78, 5) is 12.8. The molecule has 0 saturated carbocycles. The minimum absolute atomic E-state index is 0.678. The highest BCUT2D eigenvalue weighted by Gasteiger charge is 2.38. The normalized spacial score (nSPS) is 10.0. The van der Waals surface area contributed by atoms with Gasteiger partial charge in [-0.05, 0) is 13.0 Å². The molecule has 0 aliphatic rings. The summed E-state index contributed by atoms with van der Waals surface area (Å²) in [6.45, 7) is 2.62. The smallest absolute Gasteiger partial charge is 0.478 e. The number of nitrogens with zero attached hydrogens (tertiary/aromatic N) is 1. The summed E-state index contributed by atoms with van der Waals surface area (Å²) in [7, 11) is 0. The highest BCUT2D eigenvalue weighted by Crippen LogP contribution is 2.13. The molecular weight excluding hydrogens is 227 g/mol. The largest absolute Gasteiger partial charge is 0.490 e. The molecule has 1 aromatic heterocycles. The number of pyridine rings is 1. The van der Waals surface area contributed by atoms with Crippen LogP contribution in [-0.4, -0.2) is 28.8 Å². The Bertz CT molecular complexity index is 314. The van der Waals surface area contributed by atoms with Crippen molar-refractivity contribution >= 4 is 5.97 Å². The summed E-state index contributed by atoms with van der Waals surface area (Å²) in [5, 5.41) is 7.12. The highest BCUT2D eigenvalue weighted by molar-refractivity contribution is 5.73. The molecule has 0 atom stereocenters. The van der Waals surface area contributed by atoms with Gasteiger partial charge in [0.1, 0.15) is 0 Å². The number of hydrogen-bond donors (Lipinski definition) is 1. The van der Waals surface area contributed by atoms with Crippen molar-refractivity contribution in [3.63, 3.8) is 0 Å². The summed E-state index contributed by atoms with van der Waals surface area (Å²) in [5.41, 5.74) is 0. The molecular formula is C9H10F3NO3. The molecule has 0 fully saturated rings. The van der Waals surface area contributed by atoms with E-state index in [1.54, 1.807) is 6.20 Å². The topological polar surface area (TPSA) is 59.4 Å². The maximum atomic E-state index is 10.6. The second-order valence-electron chi connectivity index (χ2n) is 2.40. The first-order valence-corrected chi connectivity index (χ1v) is 4.22. The van der Waals surface area contributed by atoms with Gasteiger partial charge in [0.05, 0.1) is 6.61 Å². The zero-order valence-electron chi connectivity index (χ0n) is 8.36. The molecule has 1 aromatic rings. The van der Waals surface area contributed by atoms with E-state index in [1.807, 2.05) is 25.1 Å². The van der Waals surface area contributed by atoms with E-state index in [4.69, 9.17) is 14.6 Å². The predicted molar refractivity (Wildman–Crippen MR) is 49.1 cm³/mol. The Morgan fingerprint density at radius 2 is 2.06 bits per heavy atom. The van der Waals surface area contributed by atoms with E-state index in [-0.39, 0.29) is 0 Å². The number of aromatic nitrogens is 1. The van der Waals surface area contributed by atoms with Crippen molar-refractivity contribution < 1.29 is 27.8 Å². The lowest BCUT2D eigenvalue weighted by Crippen LogP contribution is -2.21. The van der Waals surface area contributed by atoms with Crippen molar-refractivity contribution in [3.8, 4) is 5.88 Å². The van der Waals surface area contributed by atoms with Crippen molar-refractivity contribution in [1.82, 2.24) is 4.98 Å². The van der Waals surface area contributed by atoms with Crippen molar-refractivity contribution in [2.75, 3.05) is 6.61 Å². The third kappa shape index (κ3) is 6.63. The molecule has 0 aliphatic carbocycles. The molecule has 1 N–H and O–H groups in total. The van der Waals surface area contributed by atoms with E-state index < -0.39 is 12.1 Å². The molecule has 0 aromatic carbocycles. The Kier molecular flexibility index (Phi) is 5.91. The van der Waals surface area contributed by atoms with Crippen LogP contribution in [0.25, 0.3) is 0 Å². The minimum atomic E-state index is -5.08. The molecule has 0 saturated heterocycles. The Balaban J connectivity index is 0.000000293. The number of carboxylic acids is 1. The zero-order valence-corrected chi connectivity index (χ0v) is 8.36. The first kappa shape index (κ1) is 14.2. The fourth-order valence-electron chi connectivity index (χ4n) is 0.580. The number of alkyl halides is 3. The monoisotopic (exact) mass is 237 g/mol. The van der Waals surface area contributed by atoms with Gasteiger partial charge in [-0.15, -0.1) is 0 Å². The number of ether oxygens (including phenoxy) is 1. The number of aliphatic carboxylic acids is 1. The maximum absolute atomic E-state index is 10.6. The van der Waals surface area contributed by atoms with Crippen LogP contribution in [0.3, 0.4) is 0 Å². The van der Waals surface area contributed by atoms with Gasteiger partial charge in [-0.2, -0.15) is 13.2 Å². The van der Waals surface area contributed by atoms with Crippen LogP contribution in [0.1, 0.15) is 6.92 Å². The first-order valence-electron chi connectivity index (χ1n) is 4.22. The molecule has 0 radical (unpaired) electrons. The van der Waals surface area contributed by atoms with E-state index >= 15 is 0 Å². The van der Waals surface area contributed by atoms with Crippen LogP contribution in [0.4, 0.5) is 13.2 Å². The molecule has 16 heavy (non-hydrogen) atoms. The minimum Gasteiger partial charge on any atom is -0.478 e. The van der Waals surface area contributed by atoms with Crippen molar-refractivity contribution in [2.24, 2.45) is 0 Å². The summed E-state index contributed by atoms with van der Waals surface area (Å²) in [5.74, 6) is -2.06. The Labute approximate surface area is 89.7 Å².